The molecule has 1 aliphatic heterocycles. The van der Waals surface area contributed by atoms with E-state index in [1.54, 1.807) is 0 Å². The Bertz CT molecular complexity index is 347. The monoisotopic (exact) mass is 188 g/mol. The Balaban J connectivity index is 1.62. The van der Waals surface area contributed by atoms with Crippen molar-refractivity contribution in [2.75, 3.05) is 18.8 Å². The van der Waals surface area contributed by atoms with Crippen LogP contribution < -0.4 is 5.73 Å². The van der Waals surface area contributed by atoms with Crippen molar-refractivity contribution in [1.29, 1.82) is 0 Å². The summed E-state index contributed by atoms with van der Waals surface area (Å²) < 4.78 is 0. The highest BCUT2D eigenvalue weighted by Crippen LogP contribution is 2.53. The Morgan fingerprint density at radius 1 is 1.29 bits per heavy atom. The summed E-state index contributed by atoms with van der Waals surface area (Å²) >= 11 is 0. The fraction of sp³-hybridized carbons (Fsp3) is 0.500. The molecule has 1 saturated carbocycles. The molecule has 14 heavy (non-hydrogen) atoms. The predicted molar refractivity (Wildman–Crippen MR) is 57.8 cm³/mol. The summed E-state index contributed by atoms with van der Waals surface area (Å²) in [6.07, 6.45) is 2.92. The van der Waals surface area contributed by atoms with Crippen molar-refractivity contribution < 1.29 is 0 Å². The number of anilines is 1. The van der Waals surface area contributed by atoms with Crippen molar-refractivity contribution in [1.82, 2.24) is 4.90 Å². The van der Waals surface area contributed by atoms with Gasteiger partial charge in [-0.05, 0) is 36.0 Å². The molecule has 0 atom stereocenters. The van der Waals surface area contributed by atoms with Crippen molar-refractivity contribution in [3.05, 3.63) is 29.8 Å². The molecule has 1 aliphatic carbocycles. The second kappa shape index (κ2) is 2.74. The highest BCUT2D eigenvalue weighted by Gasteiger charge is 2.51. The SMILES string of the molecule is Nc1cccc(CN2CC3(CC3)C2)c1. The van der Waals surface area contributed by atoms with Crippen LogP contribution in [0.25, 0.3) is 0 Å². The molecule has 3 rings (SSSR count). The van der Waals surface area contributed by atoms with Crippen molar-refractivity contribution in [3.8, 4) is 0 Å². The number of nitrogens with two attached hydrogens (primary N) is 1. The molecule has 2 aliphatic rings. The number of rotatable bonds is 2. The zero-order valence-electron chi connectivity index (χ0n) is 8.37. The third kappa shape index (κ3) is 1.40. The lowest BCUT2D eigenvalue weighted by Crippen LogP contribution is -2.47. The molecule has 2 fully saturated rings. The molecule has 2 nitrogen and oxygen atoms in total. The lowest BCUT2D eigenvalue weighted by molar-refractivity contribution is 0.0739. The van der Waals surface area contributed by atoms with Crippen LogP contribution in [0.3, 0.4) is 0 Å². The third-order valence-corrected chi connectivity index (χ3v) is 3.43. The predicted octanol–water partition coefficient (Wildman–Crippen LogP) is 1.86. The molecule has 0 radical (unpaired) electrons. The van der Waals surface area contributed by atoms with Gasteiger partial charge in [-0.3, -0.25) is 4.90 Å². The summed E-state index contributed by atoms with van der Waals surface area (Å²) in [6, 6.07) is 8.23. The summed E-state index contributed by atoms with van der Waals surface area (Å²) in [5.74, 6) is 0. The third-order valence-electron chi connectivity index (χ3n) is 3.43. The van der Waals surface area contributed by atoms with E-state index in [9.17, 15) is 0 Å². The highest BCUT2D eigenvalue weighted by molar-refractivity contribution is 5.40. The van der Waals surface area contributed by atoms with Crippen LogP contribution in [0, 0.1) is 5.41 Å². The average molecular weight is 188 g/mol. The molecule has 0 bridgehead atoms. The quantitative estimate of drug-likeness (QED) is 0.718. The first kappa shape index (κ1) is 8.30. The highest BCUT2D eigenvalue weighted by atomic mass is 15.2. The van der Waals surface area contributed by atoms with Gasteiger partial charge in [0.25, 0.3) is 0 Å². The lowest BCUT2D eigenvalue weighted by atomic mass is 9.96. The van der Waals surface area contributed by atoms with Crippen molar-refractivity contribution in [2.24, 2.45) is 5.41 Å². The van der Waals surface area contributed by atoms with E-state index in [1.165, 1.54) is 31.5 Å². The van der Waals surface area contributed by atoms with Crippen LogP contribution in [-0.4, -0.2) is 18.0 Å². The summed E-state index contributed by atoms with van der Waals surface area (Å²) in [4.78, 5) is 2.52. The van der Waals surface area contributed by atoms with E-state index in [0.29, 0.717) is 0 Å². The van der Waals surface area contributed by atoms with Gasteiger partial charge in [-0.1, -0.05) is 12.1 Å². The van der Waals surface area contributed by atoms with E-state index in [2.05, 4.69) is 17.0 Å². The first-order valence-electron chi connectivity index (χ1n) is 5.33. The van der Waals surface area contributed by atoms with Crippen LogP contribution in [-0.2, 0) is 6.54 Å². The van der Waals surface area contributed by atoms with Gasteiger partial charge in [0.15, 0.2) is 0 Å². The molecule has 0 aromatic heterocycles. The molecule has 1 saturated heterocycles. The molecule has 0 unspecified atom stereocenters. The first-order valence-corrected chi connectivity index (χ1v) is 5.33. The Hall–Kier alpha value is -1.02. The molecule has 1 heterocycles. The van der Waals surface area contributed by atoms with Crippen LogP contribution in [0.5, 0.6) is 0 Å². The number of hydrogen-bond donors (Lipinski definition) is 1. The summed E-state index contributed by atoms with van der Waals surface area (Å²) in [5.41, 5.74) is 8.73. The van der Waals surface area contributed by atoms with Crippen LogP contribution in [0.15, 0.2) is 24.3 Å². The Kier molecular flexibility index (Phi) is 1.62. The van der Waals surface area contributed by atoms with E-state index in [-0.39, 0.29) is 0 Å². The van der Waals surface area contributed by atoms with Gasteiger partial charge in [0, 0.05) is 25.3 Å². The van der Waals surface area contributed by atoms with Crippen molar-refractivity contribution >= 4 is 5.69 Å². The molecule has 1 aromatic carbocycles. The smallest absolute Gasteiger partial charge is 0.0317 e. The summed E-state index contributed by atoms with van der Waals surface area (Å²) in [6.45, 7) is 3.69. The molecular weight excluding hydrogens is 172 g/mol. The standard InChI is InChI=1S/C12H16N2/c13-11-3-1-2-10(6-11)7-14-8-12(9-14)4-5-12/h1-3,6H,4-5,7-9,13H2. The Morgan fingerprint density at radius 2 is 2.07 bits per heavy atom. The topological polar surface area (TPSA) is 29.3 Å². The number of benzene rings is 1. The van der Waals surface area contributed by atoms with E-state index < -0.39 is 0 Å². The number of nitrogen functional groups attached to an aromatic ring is 1. The summed E-state index contributed by atoms with van der Waals surface area (Å²) in [7, 11) is 0. The number of likely N-dealkylation sites (tertiary alicyclic amines) is 1. The van der Waals surface area contributed by atoms with Gasteiger partial charge in [-0.2, -0.15) is 0 Å². The van der Waals surface area contributed by atoms with Gasteiger partial charge < -0.3 is 5.73 Å². The number of nitrogens with zero attached hydrogens (tertiary/aromatic N) is 1. The maximum Gasteiger partial charge on any atom is 0.0317 e. The van der Waals surface area contributed by atoms with Gasteiger partial charge in [-0.25, -0.2) is 0 Å². The Labute approximate surface area is 84.7 Å². The molecule has 1 aromatic rings. The maximum atomic E-state index is 5.74. The van der Waals surface area contributed by atoms with E-state index in [0.717, 1.165) is 17.6 Å². The number of hydrogen-bond acceptors (Lipinski definition) is 2. The zero-order valence-corrected chi connectivity index (χ0v) is 8.37. The van der Waals surface area contributed by atoms with Crippen LogP contribution in [0.4, 0.5) is 5.69 Å². The molecule has 2 N–H and O–H groups in total. The second-order valence-corrected chi connectivity index (χ2v) is 4.89. The van der Waals surface area contributed by atoms with Gasteiger partial charge in [0.2, 0.25) is 0 Å². The largest absolute Gasteiger partial charge is 0.399 e. The minimum atomic E-state index is 0.764. The van der Waals surface area contributed by atoms with Crippen LogP contribution in [0.1, 0.15) is 18.4 Å². The van der Waals surface area contributed by atoms with Gasteiger partial charge in [-0.15, -0.1) is 0 Å². The minimum Gasteiger partial charge on any atom is -0.399 e. The van der Waals surface area contributed by atoms with Crippen molar-refractivity contribution in [2.45, 2.75) is 19.4 Å². The first-order chi connectivity index (χ1) is 6.76. The zero-order chi connectivity index (χ0) is 9.60. The summed E-state index contributed by atoms with van der Waals surface area (Å²) in [5, 5.41) is 0. The van der Waals surface area contributed by atoms with Gasteiger partial charge in [0.1, 0.15) is 0 Å². The minimum absolute atomic E-state index is 0.764. The average Bonchev–Trinajstić information content (AvgIpc) is 2.83. The molecular formula is C12H16N2. The van der Waals surface area contributed by atoms with Crippen LogP contribution >= 0.6 is 0 Å². The fourth-order valence-corrected chi connectivity index (χ4v) is 2.46. The van der Waals surface area contributed by atoms with Gasteiger partial charge in [0.05, 0.1) is 0 Å². The van der Waals surface area contributed by atoms with Crippen molar-refractivity contribution in [3.63, 3.8) is 0 Å². The van der Waals surface area contributed by atoms with E-state index in [1.807, 2.05) is 12.1 Å². The Morgan fingerprint density at radius 3 is 2.71 bits per heavy atom. The maximum absolute atomic E-state index is 5.74. The van der Waals surface area contributed by atoms with E-state index >= 15 is 0 Å². The van der Waals surface area contributed by atoms with Gasteiger partial charge >= 0.3 is 0 Å². The molecule has 0 amide bonds. The molecule has 2 heteroatoms. The second-order valence-electron chi connectivity index (χ2n) is 4.89. The van der Waals surface area contributed by atoms with E-state index in [4.69, 9.17) is 5.73 Å². The lowest BCUT2D eigenvalue weighted by Gasteiger charge is -2.40. The fourth-order valence-electron chi connectivity index (χ4n) is 2.46. The van der Waals surface area contributed by atoms with Crippen LogP contribution in [0.2, 0.25) is 0 Å². The molecule has 74 valence electrons. The molecule has 1 spiro atoms. The normalized spacial score (nSPS) is 23.4.